The van der Waals surface area contributed by atoms with Gasteiger partial charge in [-0.25, -0.2) is 4.39 Å². The van der Waals surface area contributed by atoms with Gasteiger partial charge in [0.05, 0.1) is 0 Å². The summed E-state index contributed by atoms with van der Waals surface area (Å²) in [5.74, 6) is 0.509. The second-order valence-electron chi connectivity index (χ2n) is 3.63. The Morgan fingerprint density at radius 2 is 2.00 bits per heavy atom. The minimum absolute atomic E-state index is 0.211. The monoisotopic (exact) mass is 249 g/mol. The Bertz CT molecular complexity index is 531. The predicted octanol–water partition coefficient (Wildman–Crippen LogP) is 3.41. The zero-order valence-electron chi connectivity index (χ0n) is 9.06. The lowest BCUT2D eigenvalue weighted by atomic mass is 10.2. The summed E-state index contributed by atoms with van der Waals surface area (Å²) >= 11 is 1.45. The van der Waals surface area contributed by atoms with Crippen molar-refractivity contribution in [3.63, 3.8) is 0 Å². The molecule has 0 aliphatic heterocycles. The number of phenols is 1. The summed E-state index contributed by atoms with van der Waals surface area (Å²) in [7, 11) is 0. The van der Waals surface area contributed by atoms with E-state index >= 15 is 0 Å². The molecule has 0 aromatic heterocycles. The largest absolute Gasteiger partial charge is 0.508 e. The first kappa shape index (κ1) is 11.8. The van der Waals surface area contributed by atoms with E-state index in [1.807, 2.05) is 6.07 Å². The predicted molar refractivity (Wildman–Crippen MR) is 68.5 cm³/mol. The molecule has 3 N–H and O–H groups in total. The molecule has 0 fully saturated rings. The Morgan fingerprint density at radius 3 is 2.76 bits per heavy atom. The number of hydrogen-bond donors (Lipinski definition) is 2. The molecule has 0 atom stereocenters. The second-order valence-corrected chi connectivity index (χ2v) is 4.68. The van der Waals surface area contributed by atoms with Crippen molar-refractivity contribution in [1.29, 1.82) is 0 Å². The van der Waals surface area contributed by atoms with Crippen LogP contribution in [0.4, 0.5) is 10.1 Å². The van der Waals surface area contributed by atoms with Crippen molar-refractivity contribution in [3.05, 3.63) is 53.8 Å². The summed E-state index contributed by atoms with van der Waals surface area (Å²) in [5.41, 5.74) is 7.00. The van der Waals surface area contributed by atoms with Gasteiger partial charge in [0.15, 0.2) is 0 Å². The first-order valence-corrected chi connectivity index (χ1v) is 6.09. The maximum Gasteiger partial charge on any atom is 0.124 e. The van der Waals surface area contributed by atoms with Crippen molar-refractivity contribution in [1.82, 2.24) is 0 Å². The number of rotatable bonds is 3. The Labute approximate surface area is 103 Å². The Morgan fingerprint density at radius 1 is 1.18 bits per heavy atom. The van der Waals surface area contributed by atoms with E-state index in [0.717, 1.165) is 10.5 Å². The number of benzene rings is 2. The van der Waals surface area contributed by atoms with E-state index in [-0.39, 0.29) is 11.6 Å². The zero-order valence-corrected chi connectivity index (χ0v) is 9.88. The van der Waals surface area contributed by atoms with Crippen LogP contribution in [0.1, 0.15) is 5.56 Å². The highest BCUT2D eigenvalue weighted by molar-refractivity contribution is 7.98. The number of anilines is 1. The van der Waals surface area contributed by atoms with Gasteiger partial charge in [0, 0.05) is 21.9 Å². The van der Waals surface area contributed by atoms with Crippen LogP contribution in [0.3, 0.4) is 0 Å². The average molecular weight is 249 g/mol. The van der Waals surface area contributed by atoms with Gasteiger partial charge in [-0.2, -0.15) is 0 Å². The molecule has 0 spiro atoms. The molecular weight excluding hydrogens is 237 g/mol. The third-order valence-electron chi connectivity index (χ3n) is 2.29. The minimum atomic E-state index is -0.258. The third-order valence-corrected chi connectivity index (χ3v) is 3.34. The maximum absolute atomic E-state index is 13.0. The van der Waals surface area contributed by atoms with Crippen LogP contribution >= 0.6 is 11.8 Å². The SMILES string of the molecule is Nc1ccc(O)c(CSc2cccc(F)c2)c1. The van der Waals surface area contributed by atoms with Crippen LogP contribution in [0.2, 0.25) is 0 Å². The minimum Gasteiger partial charge on any atom is -0.508 e. The van der Waals surface area contributed by atoms with Crippen LogP contribution in [-0.2, 0) is 5.75 Å². The molecule has 0 unspecified atom stereocenters. The Kier molecular flexibility index (Phi) is 3.54. The summed E-state index contributed by atoms with van der Waals surface area (Å²) in [6.45, 7) is 0. The molecule has 2 aromatic rings. The van der Waals surface area contributed by atoms with Crippen LogP contribution in [0.15, 0.2) is 47.4 Å². The van der Waals surface area contributed by atoms with Gasteiger partial charge in [-0.05, 0) is 36.4 Å². The van der Waals surface area contributed by atoms with Gasteiger partial charge in [-0.3, -0.25) is 0 Å². The molecule has 0 heterocycles. The fraction of sp³-hybridized carbons (Fsp3) is 0.0769. The van der Waals surface area contributed by atoms with Gasteiger partial charge in [-0.15, -0.1) is 11.8 Å². The third kappa shape index (κ3) is 3.14. The van der Waals surface area contributed by atoms with E-state index < -0.39 is 0 Å². The van der Waals surface area contributed by atoms with Gasteiger partial charge in [0.1, 0.15) is 11.6 Å². The molecule has 0 bridgehead atoms. The van der Waals surface area contributed by atoms with Crippen LogP contribution in [0.25, 0.3) is 0 Å². The number of nitrogen functional groups attached to an aromatic ring is 1. The van der Waals surface area contributed by atoms with Crippen LogP contribution in [-0.4, -0.2) is 5.11 Å². The smallest absolute Gasteiger partial charge is 0.124 e. The Hall–Kier alpha value is -1.68. The summed E-state index contributed by atoms with van der Waals surface area (Å²) < 4.78 is 13.0. The van der Waals surface area contributed by atoms with Crippen molar-refractivity contribution >= 4 is 17.4 Å². The lowest BCUT2D eigenvalue weighted by Crippen LogP contribution is -1.88. The van der Waals surface area contributed by atoms with Gasteiger partial charge in [0.2, 0.25) is 0 Å². The molecule has 2 rings (SSSR count). The van der Waals surface area contributed by atoms with Gasteiger partial charge in [-0.1, -0.05) is 6.07 Å². The number of aromatic hydroxyl groups is 1. The van der Waals surface area contributed by atoms with E-state index in [1.54, 1.807) is 24.3 Å². The van der Waals surface area contributed by atoms with Crippen molar-refractivity contribution in [2.75, 3.05) is 5.73 Å². The normalized spacial score (nSPS) is 10.4. The van der Waals surface area contributed by atoms with Gasteiger partial charge in [0.25, 0.3) is 0 Å². The lowest BCUT2D eigenvalue weighted by molar-refractivity contribution is 0.471. The lowest BCUT2D eigenvalue weighted by Gasteiger charge is -2.05. The Balaban J connectivity index is 2.09. The quantitative estimate of drug-likeness (QED) is 0.498. The molecule has 2 nitrogen and oxygen atoms in total. The molecule has 88 valence electrons. The standard InChI is InChI=1S/C13H12FNOS/c14-10-2-1-3-12(7-10)17-8-9-6-11(15)4-5-13(9)16/h1-7,16H,8,15H2. The summed E-state index contributed by atoms with van der Waals surface area (Å²) in [6, 6.07) is 11.3. The summed E-state index contributed by atoms with van der Waals surface area (Å²) in [4.78, 5) is 0.826. The van der Waals surface area contributed by atoms with Crippen molar-refractivity contribution in [2.45, 2.75) is 10.6 Å². The van der Waals surface area contributed by atoms with E-state index in [4.69, 9.17) is 5.73 Å². The number of thioether (sulfide) groups is 1. The van der Waals surface area contributed by atoms with Crippen LogP contribution in [0.5, 0.6) is 5.75 Å². The second kappa shape index (κ2) is 5.10. The van der Waals surface area contributed by atoms with E-state index in [0.29, 0.717) is 11.4 Å². The zero-order chi connectivity index (χ0) is 12.3. The van der Waals surface area contributed by atoms with Gasteiger partial charge >= 0.3 is 0 Å². The highest BCUT2D eigenvalue weighted by Gasteiger charge is 2.03. The van der Waals surface area contributed by atoms with Crippen molar-refractivity contribution in [2.24, 2.45) is 0 Å². The summed E-state index contributed by atoms with van der Waals surface area (Å²) in [6.07, 6.45) is 0. The number of hydrogen-bond acceptors (Lipinski definition) is 3. The van der Waals surface area contributed by atoms with Crippen molar-refractivity contribution in [3.8, 4) is 5.75 Å². The molecule has 0 radical (unpaired) electrons. The first-order chi connectivity index (χ1) is 8.15. The van der Waals surface area contributed by atoms with E-state index in [2.05, 4.69) is 0 Å². The van der Waals surface area contributed by atoms with E-state index in [1.165, 1.54) is 23.9 Å². The van der Waals surface area contributed by atoms with E-state index in [9.17, 15) is 9.50 Å². The molecule has 0 saturated heterocycles. The molecule has 0 aliphatic carbocycles. The average Bonchev–Trinajstić information content (AvgIpc) is 2.30. The molecule has 0 aliphatic rings. The molecule has 4 heteroatoms. The highest BCUT2D eigenvalue weighted by Crippen LogP contribution is 2.28. The number of phenolic OH excluding ortho intramolecular Hbond substituents is 1. The van der Waals surface area contributed by atoms with Crippen LogP contribution < -0.4 is 5.73 Å². The van der Waals surface area contributed by atoms with Crippen LogP contribution in [0, 0.1) is 5.82 Å². The molecular formula is C13H12FNOS. The molecule has 0 saturated carbocycles. The molecule has 17 heavy (non-hydrogen) atoms. The maximum atomic E-state index is 13.0. The molecule has 2 aromatic carbocycles. The fourth-order valence-corrected chi connectivity index (χ4v) is 2.36. The number of nitrogens with two attached hydrogens (primary N) is 1. The van der Waals surface area contributed by atoms with Crippen molar-refractivity contribution < 1.29 is 9.50 Å². The fourth-order valence-electron chi connectivity index (χ4n) is 1.44. The topological polar surface area (TPSA) is 46.2 Å². The highest BCUT2D eigenvalue weighted by atomic mass is 32.2. The van der Waals surface area contributed by atoms with Gasteiger partial charge < -0.3 is 10.8 Å². The first-order valence-electron chi connectivity index (χ1n) is 5.11. The number of halogens is 1. The summed E-state index contributed by atoms with van der Waals surface area (Å²) in [5, 5.41) is 9.62. The molecule has 0 amide bonds.